The number of methoxy groups -OCH3 is 1. The Morgan fingerprint density at radius 1 is 1.35 bits per heavy atom. The quantitative estimate of drug-likeness (QED) is 0.867. The lowest BCUT2D eigenvalue weighted by Crippen LogP contribution is -2.25. The van der Waals surface area contributed by atoms with Crippen molar-refractivity contribution in [1.82, 2.24) is 10.1 Å². The van der Waals surface area contributed by atoms with Crippen LogP contribution >= 0.6 is 15.9 Å². The third-order valence-electron chi connectivity index (χ3n) is 3.86. The highest BCUT2D eigenvalue weighted by molar-refractivity contribution is 9.10. The van der Waals surface area contributed by atoms with E-state index >= 15 is 0 Å². The topological polar surface area (TPSA) is 74.2 Å². The fourth-order valence-electron chi connectivity index (χ4n) is 2.69. The molecular formula is C14H16BrN3O2. The molecule has 1 aliphatic carbocycles. The van der Waals surface area contributed by atoms with E-state index in [4.69, 9.17) is 15.0 Å². The van der Waals surface area contributed by atoms with Crippen LogP contribution in [-0.2, 0) is 10.3 Å². The highest BCUT2D eigenvalue weighted by Crippen LogP contribution is 2.41. The molecule has 0 bridgehead atoms. The van der Waals surface area contributed by atoms with Crippen LogP contribution in [0.25, 0.3) is 11.5 Å². The van der Waals surface area contributed by atoms with Crippen molar-refractivity contribution in [2.75, 3.05) is 12.8 Å². The first-order chi connectivity index (χ1) is 9.64. The molecular weight excluding hydrogens is 322 g/mol. The number of halogens is 1. The van der Waals surface area contributed by atoms with Crippen LogP contribution in [0.15, 0.2) is 27.2 Å². The SMILES string of the molecule is COC1(c2noc(-c3cc(N)ccc3Br)n2)CCCC1. The van der Waals surface area contributed by atoms with Crippen molar-refractivity contribution in [3.8, 4) is 11.5 Å². The van der Waals surface area contributed by atoms with E-state index < -0.39 is 5.60 Å². The average Bonchev–Trinajstić information content (AvgIpc) is 3.10. The molecule has 106 valence electrons. The second kappa shape index (κ2) is 5.18. The predicted molar refractivity (Wildman–Crippen MR) is 79.0 cm³/mol. The van der Waals surface area contributed by atoms with Crippen molar-refractivity contribution in [3.63, 3.8) is 0 Å². The Kier molecular flexibility index (Phi) is 3.52. The molecule has 0 spiro atoms. The molecule has 1 aromatic heterocycles. The number of hydrogen-bond donors (Lipinski definition) is 1. The van der Waals surface area contributed by atoms with E-state index in [9.17, 15) is 0 Å². The van der Waals surface area contributed by atoms with Gasteiger partial charge in [-0.2, -0.15) is 4.98 Å². The molecule has 3 rings (SSSR count). The summed E-state index contributed by atoms with van der Waals surface area (Å²) in [6, 6.07) is 5.50. The van der Waals surface area contributed by atoms with Gasteiger partial charge in [-0.1, -0.05) is 5.16 Å². The minimum absolute atomic E-state index is 0.394. The maximum Gasteiger partial charge on any atom is 0.259 e. The van der Waals surface area contributed by atoms with Crippen molar-refractivity contribution in [1.29, 1.82) is 0 Å². The van der Waals surface area contributed by atoms with Crippen LogP contribution in [0.2, 0.25) is 0 Å². The normalized spacial score (nSPS) is 17.5. The van der Waals surface area contributed by atoms with Crippen molar-refractivity contribution in [2.45, 2.75) is 31.3 Å². The largest absolute Gasteiger partial charge is 0.399 e. The average molecular weight is 338 g/mol. The summed E-state index contributed by atoms with van der Waals surface area (Å²) in [5, 5.41) is 4.12. The molecule has 1 heterocycles. The van der Waals surface area contributed by atoms with Gasteiger partial charge in [-0.25, -0.2) is 0 Å². The van der Waals surface area contributed by atoms with Crippen LogP contribution in [0.1, 0.15) is 31.5 Å². The Bertz CT molecular complexity index is 621. The zero-order valence-electron chi connectivity index (χ0n) is 11.2. The molecule has 20 heavy (non-hydrogen) atoms. The van der Waals surface area contributed by atoms with E-state index in [0.29, 0.717) is 17.4 Å². The van der Waals surface area contributed by atoms with Gasteiger partial charge in [0.05, 0.1) is 5.56 Å². The second-order valence-electron chi connectivity index (χ2n) is 5.07. The van der Waals surface area contributed by atoms with E-state index in [-0.39, 0.29) is 0 Å². The highest BCUT2D eigenvalue weighted by Gasteiger charge is 2.40. The minimum atomic E-state index is -0.394. The van der Waals surface area contributed by atoms with Gasteiger partial charge < -0.3 is 15.0 Å². The lowest BCUT2D eigenvalue weighted by atomic mass is 10.0. The van der Waals surface area contributed by atoms with Gasteiger partial charge in [0.1, 0.15) is 5.60 Å². The zero-order chi connectivity index (χ0) is 14.2. The Labute approximate surface area is 125 Å². The van der Waals surface area contributed by atoms with Crippen LogP contribution in [0.5, 0.6) is 0 Å². The standard InChI is InChI=1S/C14H16BrN3O2/c1-19-14(6-2-3-7-14)13-17-12(20-18-13)10-8-9(16)4-5-11(10)15/h4-5,8H,2-3,6-7,16H2,1H3. The first-order valence-corrected chi connectivity index (χ1v) is 7.39. The molecule has 5 nitrogen and oxygen atoms in total. The smallest absolute Gasteiger partial charge is 0.259 e. The Morgan fingerprint density at radius 2 is 2.10 bits per heavy atom. The van der Waals surface area contributed by atoms with Crippen LogP contribution in [-0.4, -0.2) is 17.3 Å². The molecule has 1 aliphatic rings. The van der Waals surface area contributed by atoms with Gasteiger partial charge >= 0.3 is 0 Å². The third-order valence-corrected chi connectivity index (χ3v) is 4.55. The van der Waals surface area contributed by atoms with E-state index in [1.807, 2.05) is 18.2 Å². The summed E-state index contributed by atoms with van der Waals surface area (Å²) in [6.07, 6.45) is 4.11. The highest BCUT2D eigenvalue weighted by atomic mass is 79.9. The first kappa shape index (κ1) is 13.6. The minimum Gasteiger partial charge on any atom is -0.399 e. The Hall–Kier alpha value is -1.40. The number of nitrogen functional groups attached to an aromatic ring is 1. The summed E-state index contributed by atoms with van der Waals surface area (Å²) in [6.45, 7) is 0. The monoisotopic (exact) mass is 337 g/mol. The van der Waals surface area contributed by atoms with Crippen molar-refractivity contribution < 1.29 is 9.26 Å². The van der Waals surface area contributed by atoms with Crippen molar-refractivity contribution >= 4 is 21.6 Å². The van der Waals surface area contributed by atoms with E-state index in [0.717, 1.165) is 35.7 Å². The molecule has 0 atom stereocenters. The predicted octanol–water partition coefficient (Wildman–Crippen LogP) is 3.50. The molecule has 1 fully saturated rings. The summed E-state index contributed by atoms with van der Waals surface area (Å²) in [5.74, 6) is 1.09. The second-order valence-corrected chi connectivity index (χ2v) is 5.92. The Balaban J connectivity index is 2.00. The van der Waals surface area contributed by atoms with Gasteiger partial charge in [-0.05, 0) is 59.8 Å². The van der Waals surface area contributed by atoms with E-state index in [1.54, 1.807) is 7.11 Å². The fraction of sp³-hybridized carbons (Fsp3) is 0.429. The lowest BCUT2D eigenvalue weighted by Gasteiger charge is -2.22. The van der Waals surface area contributed by atoms with Gasteiger partial charge in [0.15, 0.2) is 0 Å². The van der Waals surface area contributed by atoms with Gasteiger partial charge in [0.25, 0.3) is 5.89 Å². The molecule has 1 aromatic carbocycles. The molecule has 6 heteroatoms. The number of hydrogen-bond acceptors (Lipinski definition) is 5. The third kappa shape index (κ3) is 2.23. The molecule has 2 aromatic rings. The van der Waals surface area contributed by atoms with Gasteiger partial charge in [-0.3, -0.25) is 0 Å². The first-order valence-electron chi connectivity index (χ1n) is 6.59. The van der Waals surface area contributed by atoms with Gasteiger partial charge in [-0.15, -0.1) is 0 Å². The maximum absolute atomic E-state index is 5.81. The van der Waals surface area contributed by atoms with Crippen LogP contribution < -0.4 is 5.73 Å². The summed E-state index contributed by atoms with van der Waals surface area (Å²) in [5.41, 5.74) is 6.87. The zero-order valence-corrected chi connectivity index (χ0v) is 12.8. The van der Waals surface area contributed by atoms with Gasteiger partial charge in [0.2, 0.25) is 5.82 Å². The maximum atomic E-state index is 5.81. The number of aromatic nitrogens is 2. The molecule has 0 radical (unpaired) electrons. The molecule has 1 saturated carbocycles. The lowest BCUT2D eigenvalue weighted by molar-refractivity contribution is -0.0178. The molecule has 0 amide bonds. The summed E-state index contributed by atoms with van der Waals surface area (Å²) in [4.78, 5) is 4.52. The van der Waals surface area contributed by atoms with E-state index in [1.165, 1.54) is 0 Å². The number of nitrogens with two attached hydrogens (primary N) is 1. The van der Waals surface area contributed by atoms with Crippen LogP contribution in [0.4, 0.5) is 5.69 Å². The van der Waals surface area contributed by atoms with Crippen molar-refractivity contribution in [2.24, 2.45) is 0 Å². The number of benzene rings is 1. The summed E-state index contributed by atoms with van der Waals surface area (Å²) in [7, 11) is 1.71. The summed E-state index contributed by atoms with van der Waals surface area (Å²) >= 11 is 3.48. The number of rotatable bonds is 3. The summed E-state index contributed by atoms with van der Waals surface area (Å²) < 4.78 is 11.9. The number of anilines is 1. The molecule has 0 aliphatic heterocycles. The van der Waals surface area contributed by atoms with Crippen LogP contribution in [0.3, 0.4) is 0 Å². The van der Waals surface area contributed by atoms with Crippen LogP contribution in [0, 0.1) is 0 Å². The van der Waals surface area contributed by atoms with E-state index in [2.05, 4.69) is 26.1 Å². The molecule has 0 saturated heterocycles. The number of ether oxygens (including phenoxy) is 1. The number of nitrogens with zero attached hydrogens (tertiary/aromatic N) is 2. The van der Waals surface area contributed by atoms with Crippen molar-refractivity contribution in [3.05, 3.63) is 28.5 Å². The van der Waals surface area contributed by atoms with Gasteiger partial charge in [0, 0.05) is 17.3 Å². The fourth-order valence-corrected chi connectivity index (χ4v) is 3.11. The Morgan fingerprint density at radius 3 is 2.80 bits per heavy atom. The molecule has 2 N–H and O–H groups in total. The molecule has 0 unspecified atom stereocenters.